The number of aromatic nitrogens is 1. The lowest BCUT2D eigenvalue weighted by Crippen LogP contribution is -2.11. The van der Waals surface area contributed by atoms with E-state index in [9.17, 15) is 0 Å². The van der Waals surface area contributed by atoms with Gasteiger partial charge in [0.1, 0.15) is 6.61 Å². The van der Waals surface area contributed by atoms with Crippen LogP contribution in [-0.4, -0.2) is 30.4 Å². The smallest absolute Gasteiger partial charge is 0.289 e. The van der Waals surface area contributed by atoms with Crippen molar-refractivity contribution >= 4 is 34.8 Å². The van der Waals surface area contributed by atoms with Gasteiger partial charge in [-0.2, -0.15) is 0 Å². The van der Waals surface area contributed by atoms with Gasteiger partial charge < -0.3 is 15.0 Å². The third-order valence-electron chi connectivity index (χ3n) is 3.86. The SMILES string of the molecule is CC(=C1C=Nc2ccc(NC3=NCCO3)cc21)c1ccc[nH]1. The zero-order chi connectivity index (χ0) is 14.9. The third-order valence-corrected chi connectivity index (χ3v) is 3.86. The minimum atomic E-state index is 0.588. The van der Waals surface area contributed by atoms with Crippen molar-refractivity contribution in [2.45, 2.75) is 6.92 Å². The molecule has 0 saturated carbocycles. The van der Waals surface area contributed by atoms with Crippen molar-refractivity contribution < 1.29 is 4.74 Å². The number of anilines is 1. The summed E-state index contributed by atoms with van der Waals surface area (Å²) in [5, 5.41) is 3.21. The van der Waals surface area contributed by atoms with Gasteiger partial charge in [0.2, 0.25) is 0 Å². The Morgan fingerprint density at radius 3 is 3.05 bits per heavy atom. The molecule has 0 bridgehead atoms. The van der Waals surface area contributed by atoms with Crippen LogP contribution in [0.25, 0.3) is 11.1 Å². The zero-order valence-electron chi connectivity index (χ0n) is 12.3. The molecule has 0 fully saturated rings. The second-order valence-corrected chi connectivity index (χ2v) is 5.27. The van der Waals surface area contributed by atoms with Gasteiger partial charge in [0.25, 0.3) is 6.02 Å². The molecule has 5 heteroatoms. The summed E-state index contributed by atoms with van der Waals surface area (Å²) in [6.45, 7) is 3.47. The Labute approximate surface area is 128 Å². The number of rotatable bonds is 2. The number of ether oxygens (including phenoxy) is 1. The fraction of sp³-hybridized carbons (Fsp3) is 0.176. The number of amidine groups is 1. The second-order valence-electron chi connectivity index (χ2n) is 5.27. The Morgan fingerprint density at radius 1 is 1.32 bits per heavy atom. The average Bonchev–Trinajstić information content (AvgIpc) is 3.28. The van der Waals surface area contributed by atoms with E-state index in [2.05, 4.69) is 39.3 Å². The van der Waals surface area contributed by atoms with Crippen molar-refractivity contribution in [3.8, 4) is 0 Å². The maximum atomic E-state index is 5.40. The molecule has 0 spiro atoms. The number of aromatic amines is 1. The fourth-order valence-electron chi connectivity index (χ4n) is 2.69. The average molecular weight is 292 g/mol. The lowest BCUT2D eigenvalue weighted by Gasteiger charge is -2.09. The van der Waals surface area contributed by atoms with Crippen LogP contribution >= 0.6 is 0 Å². The Bertz CT molecular complexity index is 800. The Hall–Kier alpha value is -2.82. The van der Waals surface area contributed by atoms with Gasteiger partial charge in [-0.1, -0.05) is 0 Å². The molecule has 5 nitrogen and oxygen atoms in total. The highest BCUT2D eigenvalue weighted by atomic mass is 16.5. The Morgan fingerprint density at radius 2 is 2.27 bits per heavy atom. The second kappa shape index (κ2) is 5.18. The summed E-state index contributed by atoms with van der Waals surface area (Å²) in [6.07, 6.45) is 3.86. The van der Waals surface area contributed by atoms with Crippen LogP contribution in [0.3, 0.4) is 0 Å². The van der Waals surface area contributed by atoms with Crippen molar-refractivity contribution in [3.63, 3.8) is 0 Å². The molecule has 110 valence electrons. The zero-order valence-corrected chi connectivity index (χ0v) is 12.3. The molecule has 4 rings (SSSR count). The molecule has 3 heterocycles. The van der Waals surface area contributed by atoms with Crippen LogP contribution in [0.15, 0.2) is 46.5 Å². The van der Waals surface area contributed by atoms with Crippen LogP contribution in [-0.2, 0) is 4.74 Å². The first-order chi connectivity index (χ1) is 10.8. The fourth-order valence-corrected chi connectivity index (χ4v) is 2.69. The maximum Gasteiger partial charge on any atom is 0.289 e. The molecular formula is C17H16N4O. The first-order valence-corrected chi connectivity index (χ1v) is 7.29. The monoisotopic (exact) mass is 292 g/mol. The predicted octanol–water partition coefficient (Wildman–Crippen LogP) is 3.46. The highest BCUT2D eigenvalue weighted by Gasteiger charge is 2.17. The lowest BCUT2D eigenvalue weighted by atomic mass is 10.00. The standard InChI is InChI=1S/C17H16N4O/c1-11(15-3-2-6-18-15)14-10-20-16-5-4-12(9-13(14)16)21-17-19-7-8-22-17/h2-6,9-10,18H,7-8H2,1H3,(H,19,21). The molecule has 1 aromatic heterocycles. The summed E-state index contributed by atoms with van der Waals surface area (Å²) < 4.78 is 5.40. The van der Waals surface area contributed by atoms with E-state index in [4.69, 9.17) is 4.74 Å². The number of aliphatic imine (C=N–C) groups is 2. The summed E-state index contributed by atoms with van der Waals surface area (Å²) in [5.41, 5.74) is 6.49. The number of hydrogen-bond acceptors (Lipinski definition) is 4. The molecule has 2 aliphatic rings. The molecule has 2 aromatic rings. The molecule has 2 aliphatic heterocycles. The molecular weight excluding hydrogens is 276 g/mol. The summed E-state index contributed by atoms with van der Waals surface area (Å²) in [6, 6.07) is 10.8. The lowest BCUT2D eigenvalue weighted by molar-refractivity contribution is 0.346. The van der Waals surface area contributed by atoms with E-state index in [1.165, 1.54) is 5.57 Å². The summed E-state index contributed by atoms with van der Waals surface area (Å²) >= 11 is 0. The van der Waals surface area contributed by atoms with Gasteiger partial charge in [-0.05, 0) is 42.8 Å². The number of nitrogens with one attached hydrogen (secondary N) is 2. The third kappa shape index (κ3) is 2.20. The highest BCUT2D eigenvalue weighted by molar-refractivity contribution is 6.24. The van der Waals surface area contributed by atoms with Gasteiger partial charge in [-0.15, -0.1) is 0 Å². The topological polar surface area (TPSA) is 61.8 Å². The van der Waals surface area contributed by atoms with Gasteiger partial charge in [0.15, 0.2) is 0 Å². The number of allylic oxidation sites excluding steroid dienone is 2. The summed E-state index contributed by atoms with van der Waals surface area (Å²) in [5.74, 6) is 0. The predicted molar refractivity (Wildman–Crippen MR) is 89.8 cm³/mol. The number of H-pyrrole nitrogens is 1. The minimum absolute atomic E-state index is 0.588. The highest BCUT2D eigenvalue weighted by Crippen LogP contribution is 2.37. The van der Waals surface area contributed by atoms with Crippen molar-refractivity contribution in [1.29, 1.82) is 0 Å². The molecule has 0 atom stereocenters. The van der Waals surface area contributed by atoms with Crippen molar-refractivity contribution in [2.24, 2.45) is 9.98 Å². The van der Waals surface area contributed by atoms with E-state index in [-0.39, 0.29) is 0 Å². The molecule has 0 aliphatic carbocycles. The van der Waals surface area contributed by atoms with Crippen LogP contribution in [0.1, 0.15) is 18.2 Å². The summed E-state index contributed by atoms with van der Waals surface area (Å²) in [7, 11) is 0. The minimum Gasteiger partial charge on any atom is -0.463 e. The molecule has 0 unspecified atom stereocenters. The number of benzene rings is 1. The van der Waals surface area contributed by atoms with Crippen LogP contribution in [0.5, 0.6) is 0 Å². The molecule has 0 radical (unpaired) electrons. The van der Waals surface area contributed by atoms with E-state index >= 15 is 0 Å². The van der Waals surface area contributed by atoms with E-state index in [1.54, 1.807) is 0 Å². The number of fused-ring (bicyclic) bond motifs is 1. The van der Waals surface area contributed by atoms with Crippen molar-refractivity contribution in [2.75, 3.05) is 18.5 Å². The van der Waals surface area contributed by atoms with Crippen molar-refractivity contribution in [3.05, 3.63) is 47.8 Å². The van der Waals surface area contributed by atoms with Gasteiger partial charge in [0.05, 0.1) is 12.2 Å². The van der Waals surface area contributed by atoms with Crippen LogP contribution in [0.4, 0.5) is 11.4 Å². The van der Waals surface area contributed by atoms with Crippen molar-refractivity contribution in [1.82, 2.24) is 4.98 Å². The van der Waals surface area contributed by atoms with Crippen LogP contribution in [0, 0.1) is 0 Å². The molecule has 22 heavy (non-hydrogen) atoms. The van der Waals surface area contributed by atoms with Crippen LogP contribution < -0.4 is 5.32 Å². The largest absolute Gasteiger partial charge is 0.463 e. The van der Waals surface area contributed by atoms with Gasteiger partial charge in [-0.25, -0.2) is 4.99 Å². The molecule has 0 amide bonds. The molecule has 0 saturated heterocycles. The van der Waals surface area contributed by atoms with Gasteiger partial charge in [0, 0.05) is 34.9 Å². The molecule has 1 aromatic carbocycles. The van der Waals surface area contributed by atoms with E-state index in [0.29, 0.717) is 19.2 Å². The normalized spacial score (nSPS) is 18.0. The Balaban J connectivity index is 1.71. The van der Waals surface area contributed by atoms with Gasteiger partial charge >= 0.3 is 0 Å². The van der Waals surface area contributed by atoms with E-state index < -0.39 is 0 Å². The van der Waals surface area contributed by atoms with E-state index in [0.717, 1.165) is 28.2 Å². The van der Waals surface area contributed by atoms with Crippen LogP contribution in [0.2, 0.25) is 0 Å². The summed E-state index contributed by atoms with van der Waals surface area (Å²) in [4.78, 5) is 12.0. The number of hydrogen-bond donors (Lipinski definition) is 2. The first kappa shape index (κ1) is 12.9. The first-order valence-electron chi connectivity index (χ1n) is 7.29. The molecule has 2 N–H and O–H groups in total. The number of nitrogens with zero attached hydrogens (tertiary/aromatic N) is 2. The van der Waals surface area contributed by atoms with Gasteiger partial charge in [-0.3, -0.25) is 4.99 Å². The maximum absolute atomic E-state index is 5.40. The quantitative estimate of drug-likeness (QED) is 0.890. The Kier molecular flexibility index (Phi) is 3.04. The van der Waals surface area contributed by atoms with E-state index in [1.807, 2.05) is 30.6 Å².